The minimum absolute atomic E-state index is 0.134. The standard InChI is InChI=1S/C11H23NO2S/c1-4-7-12(2,3)8-5-9-14-11(13)6-10-15/h4-10H2,1-3H3/p+1. The van der Waals surface area contributed by atoms with Gasteiger partial charge in [0.2, 0.25) is 0 Å². The Labute approximate surface area is 98.8 Å². The molecule has 4 heteroatoms. The summed E-state index contributed by atoms with van der Waals surface area (Å²) in [5.74, 6) is 0.432. The highest BCUT2D eigenvalue weighted by atomic mass is 32.1. The summed E-state index contributed by atoms with van der Waals surface area (Å²) in [5.41, 5.74) is 0. The molecule has 0 radical (unpaired) electrons. The van der Waals surface area contributed by atoms with E-state index in [1.54, 1.807) is 0 Å². The second-order valence-electron chi connectivity index (χ2n) is 4.43. The molecule has 15 heavy (non-hydrogen) atoms. The van der Waals surface area contributed by atoms with Gasteiger partial charge in [-0.15, -0.1) is 0 Å². The summed E-state index contributed by atoms with van der Waals surface area (Å²) in [7, 11) is 4.41. The first-order chi connectivity index (χ1) is 7.02. The van der Waals surface area contributed by atoms with Gasteiger partial charge in [0.25, 0.3) is 0 Å². The van der Waals surface area contributed by atoms with Crippen molar-refractivity contribution in [1.82, 2.24) is 0 Å². The molecule has 0 atom stereocenters. The molecule has 0 aromatic rings. The molecule has 0 aromatic carbocycles. The molecule has 3 nitrogen and oxygen atoms in total. The van der Waals surface area contributed by atoms with Gasteiger partial charge in [-0.25, -0.2) is 0 Å². The van der Waals surface area contributed by atoms with Crippen molar-refractivity contribution in [3.63, 3.8) is 0 Å². The molecular formula is C11H24NO2S+. The molecule has 90 valence electrons. The molecule has 0 bridgehead atoms. The summed E-state index contributed by atoms with van der Waals surface area (Å²) >= 11 is 3.97. The summed E-state index contributed by atoms with van der Waals surface area (Å²) in [5, 5.41) is 0. The highest BCUT2D eigenvalue weighted by Crippen LogP contribution is 2.01. The lowest BCUT2D eigenvalue weighted by molar-refractivity contribution is -0.890. The lowest BCUT2D eigenvalue weighted by Crippen LogP contribution is -2.41. The number of rotatable bonds is 8. The van der Waals surface area contributed by atoms with Crippen molar-refractivity contribution in [2.24, 2.45) is 0 Å². The highest BCUT2D eigenvalue weighted by molar-refractivity contribution is 7.80. The van der Waals surface area contributed by atoms with E-state index in [1.165, 1.54) is 13.0 Å². The van der Waals surface area contributed by atoms with Crippen LogP contribution in [-0.4, -0.2) is 50.0 Å². The molecule has 0 unspecified atom stereocenters. The van der Waals surface area contributed by atoms with Gasteiger partial charge in [-0.3, -0.25) is 4.79 Å². The van der Waals surface area contributed by atoms with Gasteiger partial charge < -0.3 is 9.22 Å². The third kappa shape index (κ3) is 8.75. The van der Waals surface area contributed by atoms with Crippen molar-refractivity contribution in [1.29, 1.82) is 0 Å². The summed E-state index contributed by atoms with van der Waals surface area (Å²) in [6, 6.07) is 0. The molecule has 0 amide bonds. The normalized spacial score (nSPS) is 11.5. The molecule has 0 aromatic heterocycles. The van der Waals surface area contributed by atoms with Crippen LogP contribution in [0, 0.1) is 0 Å². The van der Waals surface area contributed by atoms with E-state index in [2.05, 4.69) is 33.6 Å². The summed E-state index contributed by atoms with van der Waals surface area (Å²) < 4.78 is 6.06. The van der Waals surface area contributed by atoms with Crippen molar-refractivity contribution < 1.29 is 14.0 Å². The predicted molar refractivity (Wildman–Crippen MR) is 66.2 cm³/mol. The number of nitrogens with zero attached hydrogens (tertiary/aromatic N) is 1. The van der Waals surface area contributed by atoms with Gasteiger partial charge in [-0.1, -0.05) is 6.92 Å². The van der Waals surface area contributed by atoms with E-state index in [9.17, 15) is 4.79 Å². The quantitative estimate of drug-likeness (QED) is 0.300. The summed E-state index contributed by atoms with van der Waals surface area (Å²) in [4.78, 5) is 11.0. The van der Waals surface area contributed by atoms with Crippen LogP contribution in [0.5, 0.6) is 0 Å². The molecule has 0 aliphatic carbocycles. The Morgan fingerprint density at radius 3 is 2.53 bits per heavy atom. The van der Waals surface area contributed by atoms with E-state index in [0.717, 1.165) is 17.4 Å². The number of ether oxygens (including phenoxy) is 1. The van der Waals surface area contributed by atoms with Crippen LogP contribution in [0.25, 0.3) is 0 Å². The molecule has 0 aliphatic heterocycles. The van der Waals surface area contributed by atoms with E-state index in [1.807, 2.05) is 0 Å². The maximum absolute atomic E-state index is 11.0. The Bertz CT molecular complexity index is 183. The zero-order valence-electron chi connectivity index (χ0n) is 10.2. The van der Waals surface area contributed by atoms with Crippen molar-refractivity contribution in [2.45, 2.75) is 26.2 Å². The molecule has 0 saturated heterocycles. The van der Waals surface area contributed by atoms with E-state index in [0.29, 0.717) is 18.8 Å². The maximum atomic E-state index is 11.0. The Hall–Kier alpha value is -0.220. The van der Waals surface area contributed by atoms with Crippen LogP contribution in [0.15, 0.2) is 0 Å². The van der Waals surface area contributed by atoms with Crippen molar-refractivity contribution in [3.8, 4) is 0 Å². The van der Waals surface area contributed by atoms with Gasteiger partial charge in [0.15, 0.2) is 0 Å². The molecule has 0 saturated carbocycles. The smallest absolute Gasteiger partial charge is 0.306 e. The minimum atomic E-state index is -0.134. The number of esters is 1. The third-order valence-electron chi connectivity index (χ3n) is 2.32. The average molecular weight is 234 g/mol. The number of hydrogen-bond donors (Lipinski definition) is 1. The molecule has 0 aliphatic rings. The van der Waals surface area contributed by atoms with Crippen LogP contribution in [0.1, 0.15) is 26.2 Å². The molecule has 0 spiro atoms. The zero-order valence-corrected chi connectivity index (χ0v) is 11.1. The Morgan fingerprint density at radius 2 is 2.00 bits per heavy atom. The number of carbonyl (C=O) groups excluding carboxylic acids is 1. The summed E-state index contributed by atoms with van der Waals surface area (Å²) in [6.07, 6.45) is 2.54. The van der Waals surface area contributed by atoms with Crippen LogP contribution < -0.4 is 0 Å². The monoisotopic (exact) mass is 234 g/mol. The lowest BCUT2D eigenvalue weighted by Gasteiger charge is -2.29. The first-order valence-corrected chi connectivity index (χ1v) is 6.23. The van der Waals surface area contributed by atoms with Gasteiger partial charge >= 0.3 is 5.97 Å². The largest absolute Gasteiger partial charge is 0.465 e. The van der Waals surface area contributed by atoms with Crippen molar-refractivity contribution >= 4 is 18.6 Å². The molecule has 0 fully saturated rings. The van der Waals surface area contributed by atoms with E-state index < -0.39 is 0 Å². The van der Waals surface area contributed by atoms with Crippen LogP contribution in [0.2, 0.25) is 0 Å². The molecular weight excluding hydrogens is 210 g/mol. The van der Waals surface area contributed by atoms with E-state index in [-0.39, 0.29) is 5.97 Å². The Morgan fingerprint density at radius 1 is 1.33 bits per heavy atom. The zero-order chi connectivity index (χ0) is 11.7. The maximum Gasteiger partial charge on any atom is 0.306 e. The molecule has 0 N–H and O–H groups in total. The van der Waals surface area contributed by atoms with E-state index in [4.69, 9.17) is 4.74 Å². The van der Waals surface area contributed by atoms with Gasteiger partial charge in [-0.05, 0) is 6.42 Å². The fourth-order valence-corrected chi connectivity index (χ4v) is 1.74. The number of hydrogen-bond acceptors (Lipinski definition) is 3. The second-order valence-corrected chi connectivity index (χ2v) is 4.88. The average Bonchev–Trinajstić information content (AvgIpc) is 2.13. The van der Waals surface area contributed by atoms with Gasteiger partial charge in [-0.2, -0.15) is 12.6 Å². The van der Waals surface area contributed by atoms with E-state index >= 15 is 0 Å². The number of quaternary nitrogens is 1. The molecule has 0 rings (SSSR count). The molecule has 0 heterocycles. The summed E-state index contributed by atoms with van der Waals surface area (Å²) in [6.45, 7) is 4.96. The van der Waals surface area contributed by atoms with Crippen LogP contribution in [-0.2, 0) is 9.53 Å². The van der Waals surface area contributed by atoms with Crippen LogP contribution in [0.4, 0.5) is 0 Å². The SMILES string of the molecule is CCC[N+](C)(C)CCCOC(=O)CCS. The first-order valence-electron chi connectivity index (χ1n) is 5.60. The van der Waals surface area contributed by atoms with Crippen molar-refractivity contribution in [2.75, 3.05) is 39.5 Å². The third-order valence-corrected chi connectivity index (χ3v) is 2.54. The Balaban J connectivity index is 3.49. The van der Waals surface area contributed by atoms with Crippen LogP contribution >= 0.6 is 12.6 Å². The van der Waals surface area contributed by atoms with Gasteiger partial charge in [0, 0.05) is 12.2 Å². The topological polar surface area (TPSA) is 26.3 Å². The van der Waals surface area contributed by atoms with Gasteiger partial charge in [0.1, 0.15) is 0 Å². The van der Waals surface area contributed by atoms with Gasteiger partial charge in [0.05, 0.1) is 40.2 Å². The second kappa shape index (κ2) is 7.99. The minimum Gasteiger partial charge on any atom is -0.465 e. The predicted octanol–water partition coefficient (Wildman–Crippen LogP) is 1.73. The highest BCUT2D eigenvalue weighted by Gasteiger charge is 2.12. The van der Waals surface area contributed by atoms with Crippen molar-refractivity contribution in [3.05, 3.63) is 0 Å². The van der Waals surface area contributed by atoms with Crippen LogP contribution in [0.3, 0.4) is 0 Å². The number of carbonyl (C=O) groups is 1. The fraction of sp³-hybridized carbons (Fsp3) is 0.909. The fourth-order valence-electron chi connectivity index (χ4n) is 1.56. The Kier molecular flexibility index (Phi) is 7.88. The first kappa shape index (κ1) is 14.8. The number of thiol groups is 1. The lowest BCUT2D eigenvalue weighted by atomic mass is 10.3.